The highest BCUT2D eigenvalue weighted by atomic mass is 16.6. The second-order valence-corrected chi connectivity index (χ2v) is 6.53. The van der Waals surface area contributed by atoms with Crippen molar-refractivity contribution in [2.45, 2.75) is 0 Å². The molecule has 0 saturated heterocycles. The second-order valence-electron chi connectivity index (χ2n) is 6.53. The molecule has 0 bridgehead atoms. The maximum Gasteiger partial charge on any atom is 0.261 e. The SMILES string of the molecule is COn1c(-c2ccccc2)c(-c2ccno2)c2cc3c(cc21)C(=O)N(C)C3=O. The van der Waals surface area contributed by atoms with Gasteiger partial charge in [0, 0.05) is 24.1 Å². The summed E-state index contributed by atoms with van der Waals surface area (Å²) in [6, 6.07) is 14.9. The third-order valence-corrected chi connectivity index (χ3v) is 5.05. The van der Waals surface area contributed by atoms with Crippen LogP contribution in [0.3, 0.4) is 0 Å². The van der Waals surface area contributed by atoms with Crippen molar-refractivity contribution in [2.24, 2.45) is 0 Å². The molecule has 5 rings (SSSR count). The van der Waals surface area contributed by atoms with Gasteiger partial charge in [-0.2, -0.15) is 4.73 Å². The second kappa shape index (κ2) is 5.82. The zero-order chi connectivity index (χ0) is 19.4. The van der Waals surface area contributed by atoms with Crippen LogP contribution in [0.5, 0.6) is 0 Å². The van der Waals surface area contributed by atoms with E-state index < -0.39 is 0 Å². The van der Waals surface area contributed by atoms with Gasteiger partial charge in [-0.05, 0) is 12.1 Å². The van der Waals surface area contributed by atoms with Crippen molar-refractivity contribution >= 4 is 22.7 Å². The average Bonchev–Trinajstić information content (AvgIpc) is 3.41. The number of hydrogen-bond donors (Lipinski definition) is 0. The molecular weight excluding hydrogens is 358 g/mol. The van der Waals surface area contributed by atoms with E-state index in [2.05, 4.69) is 5.16 Å². The molecule has 7 nitrogen and oxygen atoms in total. The Hall–Kier alpha value is -3.87. The summed E-state index contributed by atoms with van der Waals surface area (Å²) in [5.41, 5.74) is 3.81. The molecule has 138 valence electrons. The molecule has 0 saturated carbocycles. The summed E-state index contributed by atoms with van der Waals surface area (Å²) >= 11 is 0. The van der Waals surface area contributed by atoms with E-state index in [0.717, 1.165) is 27.1 Å². The Balaban J connectivity index is 1.94. The highest BCUT2D eigenvalue weighted by molar-refractivity contribution is 6.23. The molecule has 0 unspecified atom stereocenters. The lowest BCUT2D eigenvalue weighted by Gasteiger charge is -2.10. The zero-order valence-corrected chi connectivity index (χ0v) is 15.2. The predicted molar refractivity (Wildman–Crippen MR) is 102 cm³/mol. The third kappa shape index (κ3) is 2.07. The maximum absolute atomic E-state index is 12.5. The first-order valence-corrected chi connectivity index (χ1v) is 8.67. The fourth-order valence-electron chi connectivity index (χ4n) is 3.75. The van der Waals surface area contributed by atoms with E-state index in [1.165, 1.54) is 7.05 Å². The Labute approximate surface area is 159 Å². The van der Waals surface area contributed by atoms with E-state index in [-0.39, 0.29) is 11.8 Å². The maximum atomic E-state index is 12.5. The van der Waals surface area contributed by atoms with Crippen molar-refractivity contribution in [3.8, 4) is 22.6 Å². The molecular formula is C21H15N3O4. The summed E-state index contributed by atoms with van der Waals surface area (Å²) in [5, 5.41) is 4.58. The van der Waals surface area contributed by atoms with Crippen molar-refractivity contribution in [3.63, 3.8) is 0 Å². The normalized spacial score (nSPS) is 13.4. The lowest BCUT2D eigenvalue weighted by molar-refractivity contribution is 0.0693. The van der Waals surface area contributed by atoms with E-state index in [0.29, 0.717) is 22.4 Å². The van der Waals surface area contributed by atoms with Crippen LogP contribution in [0.4, 0.5) is 0 Å². The molecule has 0 N–H and O–H groups in total. The monoisotopic (exact) mass is 373 g/mol. The number of amides is 2. The van der Waals surface area contributed by atoms with Gasteiger partial charge in [0.2, 0.25) is 0 Å². The van der Waals surface area contributed by atoms with Gasteiger partial charge < -0.3 is 9.36 Å². The van der Waals surface area contributed by atoms with Crippen LogP contribution in [0.2, 0.25) is 0 Å². The van der Waals surface area contributed by atoms with Crippen LogP contribution in [0.25, 0.3) is 33.5 Å². The molecule has 0 radical (unpaired) electrons. The predicted octanol–water partition coefficient (Wildman–Crippen LogP) is 3.25. The first kappa shape index (κ1) is 16.3. The van der Waals surface area contributed by atoms with E-state index in [1.54, 1.807) is 36.2 Å². The Morgan fingerprint density at radius 3 is 2.36 bits per heavy atom. The summed E-state index contributed by atoms with van der Waals surface area (Å²) in [4.78, 5) is 31.8. The van der Waals surface area contributed by atoms with Crippen LogP contribution in [0, 0.1) is 0 Å². The van der Waals surface area contributed by atoms with Crippen molar-refractivity contribution in [3.05, 3.63) is 65.9 Å². The minimum atomic E-state index is -0.326. The summed E-state index contributed by atoms with van der Waals surface area (Å²) < 4.78 is 7.11. The standard InChI is InChI=1S/C21H15N3O4/c1-23-20(25)13-10-15-16(11-14(13)21(23)26)24(27-2)19(12-6-4-3-5-7-12)18(15)17-8-9-22-28-17/h3-11H,1-2H3. The molecule has 0 fully saturated rings. The van der Waals surface area contributed by atoms with Gasteiger partial charge in [0.1, 0.15) is 7.11 Å². The molecule has 2 aromatic carbocycles. The van der Waals surface area contributed by atoms with Crippen molar-refractivity contribution in [1.82, 2.24) is 14.8 Å². The molecule has 2 aromatic heterocycles. The minimum Gasteiger partial charge on any atom is -0.416 e. The Morgan fingerprint density at radius 2 is 1.71 bits per heavy atom. The molecule has 1 aliphatic heterocycles. The van der Waals surface area contributed by atoms with Gasteiger partial charge in [-0.1, -0.05) is 35.5 Å². The third-order valence-electron chi connectivity index (χ3n) is 5.05. The molecule has 28 heavy (non-hydrogen) atoms. The highest BCUT2D eigenvalue weighted by Crippen LogP contribution is 2.42. The van der Waals surface area contributed by atoms with Crippen LogP contribution in [0.1, 0.15) is 20.7 Å². The number of fused-ring (bicyclic) bond motifs is 2. The van der Waals surface area contributed by atoms with Crippen LogP contribution in [-0.2, 0) is 0 Å². The summed E-state index contributed by atoms with van der Waals surface area (Å²) in [6.45, 7) is 0. The van der Waals surface area contributed by atoms with Crippen LogP contribution >= 0.6 is 0 Å². The summed E-state index contributed by atoms with van der Waals surface area (Å²) in [5.74, 6) is -0.102. The molecule has 7 heteroatoms. The number of imide groups is 1. The van der Waals surface area contributed by atoms with Gasteiger partial charge in [0.05, 0.1) is 34.1 Å². The largest absolute Gasteiger partial charge is 0.416 e. The minimum absolute atomic E-state index is 0.322. The quantitative estimate of drug-likeness (QED) is 0.515. The molecule has 2 amide bonds. The van der Waals surface area contributed by atoms with Gasteiger partial charge in [0.15, 0.2) is 5.76 Å². The highest BCUT2D eigenvalue weighted by Gasteiger charge is 2.35. The number of hydrogen-bond acceptors (Lipinski definition) is 5. The van der Waals surface area contributed by atoms with Gasteiger partial charge in [-0.3, -0.25) is 14.5 Å². The number of nitrogens with zero attached hydrogens (tertiary/aromatic N) is 3. The van der Waals surface area contributed by atoms with Crippen molar-refractivity contribution in [1.29, 1.82) is 0 Å². The van der Waals surface area contributed by atoms with Crippen LogP contribution in [-0.4, -0.2) is 40.8 Å². The van der Waals surface area contributed by atoms with Crippen molar-refractivity contribution in [2.75, 3.05) is 14.2 Å². The van der Waals surface area contributed by atoms with Crippen LogP contribution in [0.15, 0.2) is 59.3 Å². The van der Waals surface area contributed by atoms with Crippen LogP contribution < -0.4 is 4.84 Å². The van der Waals surface area contributed by atoms with E-state index in [1.807, 2.05) is 30.3 Å². The van der Waals surface area contributed by atoms with Gasteiger partial charge in [0.25, 0.3) is 11.8 Å². The molecule has 0 spiro atoms. The Kier molecular flexibility index (Phi) is 3.39. The average molecular weight is 373 g/mol. The summed E-state index contributed by atoms with van der Waals surface area (Å²) in [6.07, 6.45) is 1.57. The van der Waals surface area contributed by atoms with E-state index >= 15 is 0 Å². The number of carbonyl (C=O) groups is 2. The molecule has 0 atom stereocenters. The van der Waals surface area contributed by atoms with Crippen molar-refractivity contribution < 1.29 is 18.9 Å². The molecule has 4 aromatic rings. The lowest BCUT2D eigenvalue weighted by atomic mass is 10.0. The number of benzene rings is 2. The van der Waals surface area contributed by atoms with Gasteiger partial charge >= 0.3 is 0 Å². The number of rotatable bonds is 3. The van der Waals surface area contributed by atoms with E-state index in [4.69, 9.17) is 9.36 Å². The zero-order valence-electron chi connectivity index (χ0n) is 15.2. The first-order chi connectivity index (χ1) is 13.6. The smallest absolute Gasteiger partial charge is 0.261 e. The molecule has 3 heterocycles. The first-order valence-electron chi connectivity index (χ1n) is 8.67. The van der Waals surface area contributed by atoms with Gasteiger partial charge in [-0.25, -0.2) is 0 Å². The van der Waals surface area contributed by atoms with E-state index in [9.17, 15) is 9.59 Å². The fourth-order valence-corrected chi connectivity index (χ4v) is 3.75. The number of aromatic nitrogens is 2. The molecule has 1 aliphatic rings. The lowest BCUT2D eigenvalue weighted by Crippen LogP contribution is -2.24. The topological polar surface area (TPSA) is 77.6 Å². The fraction of sp³-hybridized carbons (Fsp3) is 0.0952. The number of carbonyl (C=O) groups excluding carboxylic acids is 2. The summed E-state index contributed by atoms with van der Waals surface area (Å²) in [7, 11) is 3.04. The Morgan fingerprint density at radius 1 is 1.00 bits per heavy atom. The van der Waals surface area contributed by atoms with Gasteiger partial charge in [-0.15, -0.1) is 0 Å². The molecule has 0 aliphatic carbocycles. The Bertz CT molecular complexity index is 1240.